The van der Waals surface area contributed by atoms with Crippen LogP contribution in [0.5, 0.6) is 0 Å². The third-order valence-electron chi connectivity index (χ3n) is 2.70. The van der Waals surface area contributed by atoms with E-state index in [-0.39, 0.29) is 11.9 Å². The molecular formula is C13H17N3O2. The summed E-state index contributed by atoms with van der Waals surface area (Å²) in [5.74, 6) is 0.508. The molecule has 96 valence electrons. The van der Waals surface area contributed by atoms with Crippen LogP contribution in [0, 0.1) is 0 Å². The molecule has 2 N–H and O–H groups in total. The van der Waals surface area contributed by atoms with Crippen LogP contribution < -0.4 is 5.32 Å². The van der Waals surface area contributed by atoms with Gasteiger partial charge >= 0.3 is 0 Å². The van der Waals surface area contributed by atoms with E-state index in [1.54, 1.807) is 18.4 Å². The Bertz CT molecular complexity index is 502. The third-order valence-corrected chi connectivity index (χ3v) is 2.70. The number of nitrogens with one attached hydrogen (secondary N) is 2. The summed E-state index contributed by atoms with van der Waals surface area (Å²) < 4.78 is 5.23. The van der Waals surface area contributed by atoms with Gasteiger partial charge in [0.15, 0.2) is 11.5 Å². The number of aromatic nitrogens is 2. The van der Waals surface area contributed by atoms with Gasteiger partial charge in [-0.05, 0) is 25.5 Å². The van der Waals surface area contributed by atoms with Gasteiger partial charge in [0, 0.05) is 12.1 Å². The molecule has 0 spiro atoms. The molecule has 0 saturated heterocycles. The van der Waals surface area contributed by atoms with Gasteiger partial charge in [0.25, 0.3) is 5.91 Å². The van der Waals surface area contributed by atoms with Crippen molar-refractivity contribution in [2.24, 2.45) is 0 Å². The largest absolute Gasteiger partial charge is 0.463 e. The number of nitrogens with zero attached hydrogens (tertiary/aromatic N) is 1. The molecule has 18 heavy (non-hydrogen) atoms. The monoisotopic (exact) mass is 247 g/mol. The Morgan fingerprint density at radius 2 is 2.44 bits per heavy atom. The van der Waals surface area contributed by atoms with E-state index in [2.05, 4.69) is 22.4 Å². The van der Waals surface area contributed by atoms with Gasteiger partial charge in [0.05, 0.1) is 6.26 Å². The highest BCUT2D eigenvalue weighted by Crippen LogP contribution is 2.17. The molecule has 5 heteroatoms. The highest BCUT2D eigenvalue weighted by Gasteiger charge is 2.14. The number of furan rings is 1. The van der Waals surface area contributed by atoms with Gasteiger partial charge in [0.2, 0.25) is 0 Å². The van der Waals surface area contributed by atoms with E-state index in [0.29, 0.717) is 17.1 Å². The quantitative estimate of drug-likeness (QED) is 0.853. The summed E-state index contributed by atoms with van der Waals surface area (Å²) >= 11 is 0. The van der Waals surface area contributed by atoms with E-state index in [1.807, 2.05) is 13.0 Å². The molecule has 0 radical (unpaired) electrons. The van der Waals surface area contributed by atoms with Gasteiger partial charge < -0.3 is 9.73 Å². The van der Waals surface area contributed by atoms with Crippen molar-refractivity contribution in [3.8, 4) is 11.5 Å². The third kappa shape index (κ3) is 2.80. The summed E-state index contributed by atoms with van der Waals surface area (Å²) in [6.07, 6.45) is 3.58. The number of rotatable bonds is 5. The predicted molar refractivity (Wildman–Crippen MR) is 68.1 cm³/mol. The lowest BCUT2D eigenvalue weighted by molar-refractivity contribution is 0.0933. The number of amides is 1. The fourth-order valence-corrected chi connectivity index (χ4v) is 1.80. The summed E-state index contributed by atoms with van der Waals surface area (Å²) in [5.41, 5.74) is 1.08. The van der Waals surface area contributed by atoms with Crippen LogP contribution in [0.2, 0.25) is 0 Å². The Morgan fingerprint density at radius 1 is 1.61 bits per heavy atom. The van der Waals surface area contributed by atoms with Gasteiger partial charge in [-0.15, -0.1) is 0 Å². The van der Waals surface area contributed by atoms with E-state index >= 15 is 0 Å². The average Bonchev–Trinajstić information content (AvgIpc) is 3.00. The van der Waals surface area contributed by atoms with E-state index in [0.717, 1.165) is 12.8 Å². The van der Waals surface area contributed by atoms with Crippen LogP contribution in [0.4, 0.5) is 0 Å². The maximum atomic E-state index is 11.9. The van der Waals surface area contributed by atoms with Crippen molar-refractivity contribution in [1.82, 2.24) is 15.5 Å². The minimum Gasteiger partial charge on any atom is -0.463 e. The molecule has 0 aromatic carbocycles. The summed E-state index contributed by atoms with van der Waals surface area (Å²) in [4.78, 5) is 11.9. The minimum atomic E-state index is -0.162. The average molecular weight is 247 g/mol. The molecule has 2 aromatic rings. The van der Waals surface area contributed by atoms with Crippen LogP contribution in [0.3, 0.4) is 0 Å². The molecule has 2 rings (SSSR count). The molecule has 0 aliphatic carbocycles. The highest BCUT2D eigenvalue weighted by molar-refractivity contribution is 5.93. The number of aromatic amines is 1. The molecule has 0 saturated carbocycles. The SMILES string of the molecule is CCCC(C)NC(=O)c1cc(-c2ccco2)[nH]n1. The van der Waals surface area contributed by atoms with Crippen molar-refractivity contribution in [1.29, 1.82) is 0 Å². The van der Waals surface area contributed by atoms with Gasteiger partial charge in [-0.1, -0.05) is 13.3 Å². The number of carbonyl (C=O) groups is 1. The normalized spacial score (nSPS) is 12.3. The van der Waals surface area contributed by atoms with Gasteiger partial charge in [-0.2, -0.15) is 5.10 Å². The van der Waals surface area contributed by atoms with Crippen molar-refractivity contribution in [3.63, 3.8) is 0 Å². The van der Waals surface area contributed by atoms with Crippen molar-refractivity contribution < 1.29 is 9.21 Å². The van der Waals surface area contributed by atoms with Crippen molar-refractivity contribution in [3.05, 3.63) is 30.2 Å². The van der Waals surface area contributed by atoms with Crippen molar-refractivity contribution in [2.45, 2.75) is 32.7 Å². The van der Waals surface area contributed by atoms with E-state index in [4.69, 9.17) is 4.42 Å². The van der Waals surface area contributed by atoms with Crippen LogP contribution in [0.25, 0.3) is 11.5 Å². The maximum absolute atomic E-state index is 11.9. The lowest BCUT2D eigenvalue weighted by Gasteiger charge is -2.10. The van der Waals surface area contributed by atoms with Crippen molar-refractivity contribution >= 4 is 5.91 Å². The van der Waals surface area contributed by atoms with Crippen LogP contribution >= 0.6 is 0 Å². The zero-order chi connectivity index (χ0) is 13.0. The molecule has 0 aliphatic rings. The van der Waals surface area contributed by atoms with Crippen LogP contribution in [-0.4, -0.2) is 22.1 Å². The lowest BCUT2D eigenvalue weighted by Crippen LogP contribution is -2.32. The molecule has 0 fully saturated rings. The number of hydrogen-bond donors (Lipinski definition) is 2. The van der Waals surface area contributed by atoms with Gasteiger partial charge in [0.1, 0.15) is 5.69 Å². The Labute approximate surface area is 106 Å². The maximum Gasteiger partial charge on any atom is 0.271 e. The van der Waals surface area contributed by atoms with E-state index < -0.39 is 0 Å². The second-order valence-corrected chi connectivity index (χ2v) is 4.31. The molecule has 1 atom stereocenters. The van der Waals surface area contributed by atoms with Crippen LogP contribution in [0.1, 0.15) is 37.2 Å². The van der Waals surface area contributed by atoms with Crippen LogP contribution in [0.15, 0.2) is 28.9 Å². The standard InChI is InChI=1S/C13H17N3O2/c1-3-5-9(2)14-13(17)11-8-10(15-16-11)12-6-4-7-18-12/h4,6-9H,3,5H2,1-2H3,(H,14,17)(H,15,16). The lowest BCUT2D eigenvalue weighted by atomic mass is 10.2. The second-order valence-electron chi connectivity index (χ2n) is 4.31. The van der Waals surface area contributed by atoms with Gasteiger partial charge in [-0.25, -0.2) is 0 Å². The number of carbonyl (C=O) groups excluding carboxylic acids is 1. The number of H-pyrrole nitrogens is 1. The zero-order valence-electron chi connectivity index (χ0n) is 10.6. The molecular weight excluding hydrogens is 230 g/mol. The first-order valence-corrected chi connectivity index (χ1v) is 6.11. The molecule has 0 aliphatic heterocycles. The Kier molecular flexibility index (Phi) is 3.82. The number of hydrogen-bond acceptors (Lipinski definition) is 3. The Balaban J connectivity index is 2.04. The van der Waals surface area contributed by atoms with E-state index in [1.165, 1.54) is 0 Å². The second kappa shape index (κ2) is 5.53. The molecule has 2 aromatic heterocycles. The molecule has 2 heterocycles. The highest BCUT2D eigenvalue weighted by atomic mass is 16.3. The molecule has 5 nitrogen and oxygen atoms in total. The summed E-state index contributed by atoms with van der Waals surface area (Å²) in [6.45, 7) is 4.08. The summed E-state index contributed by atoms with van der Waals surface area (Å²) in [7, 11) is 0. The minimum absolute atomic E-state index is 0.159. The van der Waals surface area contributed by atoms with E-state index in [9.17, 15) is 4.79 Å². The van der Waals surface area contributed by atoms with Crippen molar-refractivity contribution in [2.75, 3.05) is 0 Å². The first-order chi connectivity index (χ1) is 8.70. The zero-order valence-corrected chi connectivity index (χ0v) is 10.6. The molecule has 1 unspecified atom stereocenters. The fraction of sp³-hybridized carbons (Fsp3) is 0.385. The first kappa shape index (κ1) is 12.4. The molecule has 0 bridgehead atoms. The smallest absolute Gasteiger partial charge is 0.271 e. The Morgan fingerprint density at radius 3 is 3.11 bits per heavy atom. The molecule has 1 amide bonds. The fourth-order valence-electron chi connectivity index (χ4n) is 1.80. The summed E-state index contributed by atoms with van der Waals surface area (Å²) in [6, 6.07) is 5.45. The predicted octanol–water partition coefficient (Wildman–Crippen LogP) is 2.59. The van der Waals surface area contributed by atoms with Crippen LogP contribution in [-0.2, 0) is 0 Å². The topological polar surface area (TPSA) is 70.9 Å². The Hall–Kier alpha value is -2.04. The first-order valence-electron chi connectivity index (χ1n) is 6.11. The van der Waals surface area contributed by atoms with Gasteiger partial charge in [-0.3, -0.25) is 9.89 Å². The summed E-state index contributed by atoms with van der Waals surface area (Å²) in [5, 5.41) is 9.68.